The van der Waals surface area contributed by atoms with Gasteiger partial charge in [-0.2, -0.15) is 5.48 Å². The van der Waals surface area contributed by atoms with E-state index < -0.39 is 0 Å². The first-order valence-electron chi connectivity index (χ1n) is 8.30. The zero-order valence-corrected chi connectivity index (χ0v) is 14.6. The number of rotatable bonds is 5. The average molecular weight is 316 g/mol. The SMILES string of the molecule is CN(Cc1ccccc1)[C@H]1CC[C@H](NOC(C)(C)C)C(=C=O)C1. The number of benzene rings is 1. The number of hydroxylamine groups is 1. The molecule has 0 unspecified atom stereocenters. The van der Waals surface area contributed by atoms with Gasteiger partial charge < -0.3 is 0 Å². The predicted octanol–water partition coefficient (Wildman–Crippen LogP) is 3.12. The van der Waals surface area contributed by atoms with Crippen LogP contribution in [0.3, 0.4) is 0 Å². The van der Waals surface area contributed by atoms with Crippen LogP contribution < -0.4 is 5.48 Å². The fourth-order valence-corrected chi connectivity index (χ4v) is 2.90. The molecule has 0 radical (unpaired) electrons. The molecule has 23 heavy (non-hydrogen) atoms. The molecule has 126 valence electrons. The topological polar surface area (TPSA) is 41.6 Å². The third-order valence-corrected chi connectivity index (χ3v) is 4.20. The molecular formula is C19H28N2O2. The maximum atomic E-state index is 11.3. The summed E-state index contributed by atoms with van der Waals surface area (Å²) in [4.78, 5) is 19.3. The van der Waals surface area contributed by atoms with Gasteiger partial charge in [0, 0.05) is 18.2 Å². The molecule has 0 aliphatic heterocycles. The van der Waals surface area contributed by atoms with E-state index in [0.29, 0.717) is 6.04 Å². The fraction of sp³-hybridized carbons (Fsp3) is 0.579. The van der Waals surface area contributed by atoms with Gasteiger partial charge in [0.2, 0.25) is 0 Å². The van der Waals surface area contributed by atoms with E-state index in [1.807, 2.05) is 26.8 Å². The van der Waals surface area contributed by atoms with Crippen molar-refractivity contribution in [2.45, 2.75) is 64.3 Å². The minimum absolute atomic E-state index is 0.0203. The van der Waals surface area contributed by atoms with Gasteiger partial charge in [0.05, 0.1) is 11.6 Å². The summed E-state index contributed by atoms with van der Waals surface area (Å²) in [5, 5.41) is 0. The van der Waals surface area contributed by atoms with Crippen molar-refractivity contribution in [2.24, 2.45) is 0 Å². The van der Waals surface area contributed by atoms with E-state index >= 15 is 0 Å². The van der Waals surface area contributed by atoms with E-state index in [1.165, 1.54) is 5.56 Å². The second-order valence-corrected chi connectivity index (χ2v) is 7.35. The van der Waals surface area contributed by atoms with Crippen molar-refractivity contribution in [3.05, 3.63) is 41.5 Å². The molecular weight excluding hydrogens is 288 g/mol. The van der Waals surface area contributed by atoms with E-state index in [4.69, 9.17) is 4.84 Å². The highest BCUT2D eigenvalue weighted by Crippen LogP contribution is 2.27. The molecule has 2 atom stereocenters. The van der Waals surface area contributed by atoms with E-state index in [2.05, 4.69) is 47.6 Å². The van der Waals surface area contributed by atoms with Crippen molar-refractivity contribution in [3.63, 3.8) is 0 Å². The predicted molar refractivity (Wildman–Crippen MR) is 92.5 cm³/mol. The van der Waals surface area contributed by atoms with Crippen LogP contribution in [-0.2, 0) is 16.2 Å². The molecule has 1 aliphatic carbocycles. The molecule has 0 aromatic heterocycles. The summed E-state index contributed by atoms with van der Waals surface area (Å²) < 4.78 is 0. The molecule has 4 nitrogen and oxygen atoms in total. The van der Waals surface area contributed by atoms with Crippen LogP contribution in [0.2, 0.25) is 0 Å². The van der Waals surface area contributed by atoms with Crippen LogP contribution in [0.1, 0.15) is 45.6 Å². The van der Waals surface area contributed by atoms with Gasteiger partial charge in [-0.15, -0.1) is 0 Å². The number of carbonyl (C=O) groups excluding carboxylic acids is 1. The Bertz CT molecular complexity index is 544. The van der Waals surface area contributed by atoms with E-state index in [0.717, 1.165) is 31.4 Å². The highest BCUT2D eigenvalue weighted by atomic mass is 16.7. The third kappa shape index (κ3) is 5.60. The first-order chi connectivity index (χ1) is 10.9. The Kier molecular flexibility index (Phi) is 6.14. The summed E-state index contributed by atoms with van der Waals surface area (Å²) in [7, 11) is 2.12. The quantitative estimate of drug-likeness (QED) is 0.669. The summed E-state index contributed by atoms with van der Waals surface area (Å²) in [6, 6.07) is 10.8. The number of nitrogens with zero attached hydrogens (tertiary/aromatic N) is 1. The van der Waals surface area contributed by atoms with E-state index in [1.54, 1.807) is 0 Å². The van der Waals surface area contributed by atoms with Gasteiger partial charge in [0.15, 0.2) is 0 Å². The highest BCUT2D eigenvalue weighted by Gasteiger charge is 2.29. The van der Waals surface area contributed by atoms with E-state index in [9.17, 15) is 4.79 Å². The minimum Gasteiger partial charge on any atom is -0.299 e. The standard InChI is InChI=1S/C19H28N2O2/c1-19(2,3)23-20-18-11-10-17(12-16(18)14-22)21(4)13-15-8-6-5-7-9-15/h5-9,17-18,20H,10-13H2,1-4H3/t17-,18-/m0/s1. The highest BCUT2D eigenvalue weighted by molar-refractivity contribution is 5.55. The Morgan fingerprint density at radius 3 is 2.57 bits per heavy atom. The molecule has 0 heterocycles. The summed E-state index contributed by atoms with van der Waals surface area (Å²) >= 11 is 0. The Morgan fingerprint density at radius 1 is 1.26 bits per heavy atom. The molecule has 4 heteroatoms. The fourth-order valence-electron chi connectivity index (χ4n) is 2.90. The molecule has 1 aromatic carbocycles. The Balaban J connectivity index is 1.92. The van der Waals surface area contributed by atoms with Crippen molar-refractivity contribution >= 4 is 5.94 Å². The second-order valence-electron chi connectivity index (χ2n) is 7.35. The maximum Gasteiger partial charge on any atom is 0.125 e. The van der Waals surface area contributed by atoms with Crippen LogP contribution in [0.4, 0.5) is 0 Å². The second kappa shape index (κ2) is 7.89. The van der Waals surface area contributed by atoms with Gasteiger partial charge in [-0.3, -0.25) is 9.74 Å². The molecule has 0 amide bonds. The van der Waals surface area contributed by atoms with Crippen LogP contribution in [0.25, 0.3) is 0 Å². The van der Waals surface area contributed by atoms with Crippen LogP contribution in [-0.4, -0.2) is 35.6 Å². The number of nitrogens with one attached hydrogen (secondary N) is 1. The number of hydrogen-bond acceptors (Lipinski definition) is 4. The van der Waals surface area contributed by atoms with Crippen LogP contribution in [0.5, 0.6) is 0 Å². The lowest BCUT2D eigenvalue weighted by molar-refractivity contribution is -0.0871. The molecule has 0 bridgehead atoms. The van der Waals surface area contributed by atoms with Gasteiger partial charge in [-0.05, 0) is 52.6 Å². The number of hydrogen-bond donors (Lipinski definition) is 1. The monoisotopic (exact) mass is 316 g/mol. The molecule has 1 N–H and O–H groups in total. The van der Waals surface area contributed by atoms with Gasteiger partial charge in [0.1, 0.15) is 5.94 Å². The smallest absolute Gasteiger partial charge is 0.125 e. The van der Waals surface area contributed by atoms with Crippen molar-refractivity contribution in [3.8, 4) is 0 Å². The summed E-state index contributed by atoms with van der Waals surface area (Å²) in [5.74, 6) is 2.14. The zero-order valence-electron chi connectivity index (χ0n) is 14.6. The largest absolute Gasteiger partial charge is 0.299 e. The summed E-state index contributed by atoms with van der Waals surface area (Å²) in [6.07, 6.45) is 2.68. The minimum atomic E-state index is -0.269. The van der Waals surface area contributed by atoms with Crippen molar-refractivity contribution in [1.29, 1.82) is 0 Å². The molecule has 0 saturated heterocycles. The molecule has 0 spiro atoms. The first kappa shape index (κ1) is 17.9. The Hall–Kier alpha value is -1.45. The average Bonchev–Trinajstić information content (AvgIpc) is 2.53. The van der Waals surface area contributed by atoms with Gasteiger partial charge in [0.25, 0.3) is 0 Å². The Labute approximate surface area is 139 Å². The summed E-state index contributed by atoms with van der Waals surface area (Å²) in [6.45, 7) is 6.87. The van der Waals surface area contributed by atoms with Crippen molar-refractivity contribution in [2.75, 3.05) is 7.05 Å². The molecule has 1 fully saturated rings. The van der Waals surface area contributed by atoms with Gasteiger partial charge >= 0.3 is 0 Å². The van der Waals surface area contributed by atoms with Crippen molar-refractivity contribution < 1.29 is 9.63 Å². The summed E-state index contributed by atoms with van der Waals surface area (Å²) in [5.41, 5.74) is 4.86. The molecule has 1 aliphatic rings. The third-order valence-electron chi connectivity index (χ3n) is 4.20. The first-order valence-corrected chi connectivity index (χ1v) is 8.30. The van der Waals surface area contributed by atoms with Gasteiger partial charge in [-0.1, -0.05) is 30.3 Å². The van der Waals surface area contributed by atoms with Gasteiger partial charge in [-0.25, -0.2) is 4.79 Å². The lowest BCUT2D eigenvalue weighted by Crippen LogP contribution is -2.44. The van der Waals surface area contributed by atoms with Crippen LogP contribution >= 0.6 is 0 Å². The Morgan fingerprint density at radius 2 is 1.96 bits per heavy atom. The normalized spacial score (nSPS) is 22.2. The molecule has 2 rings (SSSR count). The maximum absolute atomic E-state index is 11.3. The van der Waals surface area contributed by atoms with E-state index in [-0.39, 0.29) is 11.6 Å². The molecule has 1 saturated carbocycles. The van der Waals surface area contributed by atoms with Crippen LogP contribution in [0, 0.1) is 0 Å². The lowest BCUT2D eigenvalue weighted by Gasteiger charge is -2.36. The van der Waals surface area contributed by atoms with Crippen LogP contribution in [0.15, 0.2) is 35.9 Å². The van der Waals surface area contributed by atoms with Crippen molar-refractivity contribution in [1.82, 2.24) is 10.4 Å². The molecule has 1 aromatic rings. The zero-order chi connectivity index (χ0) is 16.9. The lowest BCUT2D eigenvalue weighted by atomic mass is 9.87.